The Morgan fingerprint density at radius 1 is 1.00 bits per heavy atom. The lowest BCUT2D eigenvalue weighted by Gasteiger charge is -2.30. The van der Waals surface area contributed by atoms with Crippen molar-refractivity contribution in [1.29, 1.82) is 0 Å². The van der Waals surface area contributed by atoms with Crippen molar-refractivity contribution in [3.8, 4) is 0 Å². The first-order valence-corrected chi connectivity index (χ1v) is 14.2. The van der Waals surface area contributed by atoms with E-state index in [-0.39, 0.29) is 34.3 Å². The van der Waals surface area contributed by atoms with Crippen LogP contribution in [0, 0.1) is 12.8 Å². The highest BCUT2D eigenvalue weighted by Crippen LogP contribution is 2.33. The van der Waals surface area contributed by atoms with Crippen LogP contribution in [0.5, 0.6) is 0 Å². The van der Waals surface area contributed by atoms with Gasteiger partial charge in [-0.05, 0) is 49.9 Å². The van der Waals surface area contributed by atoms with Crippen LogP contribution in [0.2, 0.25) is 0 Å². The average molecular weight is 531 g/mol. The third-order valence-corrected chi connectivity index (χ3v) is 8.82. The lowest BCUT2D eigenvalue weighted by Crippen LogP contribution is -2.39. The van der Waals surface area contributed by atoms with E-state index in [0.29, 0.717) is 41.2 Å². The number of carbonyl (C=O) groups is 2. The van der Waals surface area contributed by atoms with Crippen molar-refractivity contribution in [2.24, 2.45) is 5.92 Å². The minimum Gasteiger partial charge on any atom is -0.450 e. The van der Waals surface area contributed by atoms with Crippen LogP contribution in [0.15, 0.2) is 82.1 Å². The summed E-state index contributed by atoms with van der Waals surface area (Å²) in [5.74, 6) is -0.166. The number of sulfonamides is 1. The highest BCUT2D eigenvalue weighted by molar-refractivity contribution is 7.89. The highest BCUT2D eigenvalue weighted by atomic mass is 32.2. The molecule has 8 heteroatoms. The van der Waals surface area contributed by atoms with Crippen LogP contribution in [0.3, 0.4) is 0 Å². The number of hydrogen-bond acceptors (Lipinski definition) is 6. The van der Waals surface area contributed by atoms with Crippen molar-refractivity contribution in [2.45, 2.75) is 31.6 Å². The highest BCUT2D eigenvalue weighted by Gasteiger charge is 2.29. The zero-order chi connectivity index (χ0) is 26.9. The van der Waals surface area contributed by atoms with Crippen LogP contribution >= 0.6 is 0 Å². The van der Waals surface area contributed by atoms with Gasteiger partial charge in [-0.3, -0.25) is 9.59 Å². The van der Waals surface area contributed by atoms with E-state index in [2.05, 4.69) is 5.32 Å². The molecule has 1 saturated heterocycles. The summed E-state index contributed by atoms with van der Waals surface area (Å²) in [4.78, 5) is 26.6. The van der Waals surface area contributed by atoms with E-state index >= 15 is 0 Å². The Hall–Kier alpha value is -3.75. The molecule has 1 fully saturated rings. The molecule has 2 heterocycles. The number of Topliss-reactive ketones (excluding diaryl/α,β-unsaturated/α-hetero) is 1. The zero-order valence-corrected chi connectivity index (χ0v) is 22.3. The fourth-order valence-electron chi connectivity index (χ4n) is 4.83. The maximum absolute atomic E-state index is 13.3. The first kappa shape index (κ1) is 25.9. The van der Waals surface area contributed by atoms with E-state index in [9.17, 15) is 18.0 Å². The SMILES string of the molecule is Cc1ccc(C(=O)c2oc3ccccc3c2NCC(=O)c2cccc(S(=O)(=O)N3CCCC(C)C3)c2)cc1. The number of para-hydroxylation sites is 1. The van der Waals surface area contributed by atoms with Crippen molar-refractivity contribution in [1.82, 2.24) is 4.31 Å². The number of aryl methyl sites for hydroxylation is 1. The summed E-state index contributed by atoms with van der Waals surface area (Å²) in [6.45, 7) is 4.82. The number of ketones is 2. The first-order valence-electron chi connectivity index (χ1n) is 12.7. The fraction of sp³-hybridized carbons (Fsp3) is 0.267. The standard InChI is InChI=1S/C30H30N2O5S/c1-20-12-14-22(15-13-20)29(34)30-28(25-10-3-4-11-27(25)37-30)31-18-26(33)23-8-5-9-24(17-23)38(35,36)32-16-6-7-21(2)19-32/h3-5,8-15,17,21,31H,6-7,16,18-19H2,1-2H3. The molecule has 196 valence electrons. The zero-order valence-electron chi connectivity index (χ0n) is 21.4. The van der Waals surface area contributed by atoms with Gasteiger partial charge < -0.3 is 9.73 Å². The molecule has 4 aromatic rings. The Balaban J connectivity index is 1.39. The maximum Gasteiger partial charge on any atom is 0.243 e. The topological polar surface area (TPSA) is 96.7 Å². The quantitative estimate of drug-likeness (QED) is 0.294. The molecule has 5 rings (SSSR count). The molecule has 1 aliphatic rings. The molecule has 1 atom stereocenters. The molecule has 0 radical (unpaired) electrons. The van der Waals surface area contributed by atoms with Gasteiger partial charge in [-0.1, -0.05) is 61.0 Å². The second-order valence-electron chi connectivity index (χ2n) is 9.91. The van der Waals surface area contributed by atoms with Crippen LogP contribution in [0.25, 0.3) is 11.0 Å². The number of anilines is 1. The summed E-state index contributed by atoms with van der Waals surface area (Å²) >= 11 is 0. The van der Waals surface area contributed by atoms with Gasteiger partial charge in [-0.2, -0.15) is 4.31 Å². The third-order valence-electron chi connectivity index (χ3n) is 6.95. The summed E-state index contributed by atoms with van der Waals surface area (Å²) in [6.07, 6.45) is 1.83. The molecule has 0 saturated carbocycles. The van der Waals surface area contributed by atoms with Crippen LogP contribution < -0.4 is 5.32 Å². The fourth-order valence-corrected chi connectivity index (χ4v) is 6.48. The van der Waals surface area contributed by atoms with E-state index in [1.54, 1.807) is 30.3 Å². The molecule has 0 bridgehead atoms. The van der Waals surface area contributed by atoms with Gasteiger partial charge in [0.2, 0.25) is 15.8 Å². The van der Waals surface area contributed by atoms with Crippen molar-refractivity contribution in [3.05, 3.63) is 95.2 Å². The number of hydrogen-bond donors (Lipinski definition) is 1. The number of furan rings is 1. The third kappa shape index (κ3) is 5.14. The summed E-state index contributed by atoms with van der Waals surface area (Å²) in [5.41, 5.74) is 2.76. The van der Waals surface area contributed by atoms with Gasteiger partial charge in [-0.15, -0.1) is 0 Å². The van der Waals surface area contributed by atoms with E-state index in [4.69, 9.17) is 4.42 Å². The first-order chi connectivity index (χ1) is 18.2. The number of nitrogens with zero attached hydrogens (tertiary/aromatic N) is 1. The molecule has 38 heavy (non-hydrogen) atoms. The molecule has 1 aliphatic heterocycles. The molecule has 7 nitrogen and oxygen atoms in total. The van der Waals surface area contributed by atoms with Crippen molar-refractivity contribution >= 4 is 38.2 Å². The molecule has 0 aliphatic carbocycles. The smallest absolute Gasteiger partial charge is 0.243 e. The molecule has 1 unspecified atom stereocenters. The number of benzene rings is 3. The number of fused-ring (bicyclic) bond motifs is 1. The Bertz CT molecular complexity index is 1610. The van der Waals surface area contributed by atoms with Gasteiger partial charge in [0.25, 0.3) is 0 Å². The minimum atomic E-state index is -3.69. The van der Waals surface area contributed by atoms with Crippen LogP contribution in [-0.2, 0) is 10.0 Å². The minimum absolute atomic E-state index is 0.112. The Morgan fingerprint density at radius 2 is 1.76 bits per heavy atom. The normalized spacial score (nSPS) is 16.4. The second-order valence-corrected chi connectivity index (χ2v) is 11.9. The predicted molar refractivity (Wildman–Crippen MR) is 147 cm³/mol. The molecular formula is C30H30N2O5S. The van der Waals surface area contributed by atoms with Crippen LogP contribution in [0.1, 0.15) is 51.8 Å². The van der Waals surface area contributed by atoms with Gasteiger partial charge in [0.1, 0.15) is 5.58 Å². The number of rotatable bonds is 8. The van der Waals surface area contributed by atoms with Crippen LogP contribution in [0.4, 0.5) is 5.69 Å². The summed E-state index contributed by atoms with van der Waals surface area (Å²) in [7, 11) is -3.69. The Labute approximate surface area is 222 Å². The van der Waals surface area contributed by atoms with Gasteiger partial charge in [-0.25, -0.2) is 8.42 Å². The molecule has 1 aromatic heterocycles. The van der Waals surface area contributed by atoms with Crippen LogP contribution in [-0.4, -0.2) is 43.9 Å². The summed E-state index contributed by atoms with van der Waals surface area (Å²) in [5, 5.41) is 3.79. The maximum atomic E-state index is 13.3. The van der Waals surface area contributed by atoms with Crippen molar-refractivity contribution < 1.29 is 22.4 Å². The monoisotopic (exact) mass is 530 g/mol. The molecule has 0 amide bonds. The number of piperidine rings is 1. The van der Waals surface area contributed by atoms with Gasteiger partial charge in [0, 0.05) is 29.6 Å². The summed E-state index contributed by atoms with van der Waals surface area (Å²) in [6, 6.07) is 20.6. The van der Waals surface area contributed by atoms with Crippen molar-refractivity contribution in [3.63, 3.8) is 0 Å². The Kier molecular flexibility index (Phi) is 7.19. The molecular weight excluding hydrogens is 500 g/mol. The predicted octanol–water partition coefficient (Wildman–Crippen LogP) is 5.69. The van der Waals surface area contributed by atoms with E-state index in [1.165, 1.54) is 16.4 Å². The van der Waals surface area contributed by atoms with E-state index in [1.807, 2.05) is 44.2 Å². The average Bonchev–Trinajstić information content (AvgIpc) is 3.30. The van der Waals surface area contributed by atoms with Gasteiger partial charge in [0.15, 0.2) is 11.5 Å². The number of nitrogens with one attached hydrogen (secondary N) is 1. The lowest BCUT2D eigenvalue weighted by molar-refractivity contribution is 0.0997. The van der Waals surface area contributed by atoms with Gasteiger partial charge >= 0.3 is 0 Å². The molecule has 0 spiro atoms. The lowest BCUT2D eigenvalue weighted by atomic mass is 10.0. The van der Waals surface area contributed by atoms with E-state index in [0.717, 1.165) is 18.4 Å². The number of carbonyl (C=O) groups excluding carboxylic acids is 2. The Morgan fingerprint density at radius 3 is 2.53 bits per heavy atom. The van der Waals surface area contributed by atoms with Gasteiger partial charge in [0.05, 0.1) is 17.1 Å². The summed E-state index contributed by atoms with van der Waals surface area (Å²) < 4.78 is 33.9. The van der Waals surface area contributed by atoms with Crippen molar-refractivity contribution in [2.75, 3.05) is 25.0 Å². The second kappa shape index (κ2) is 10.6. The molecule has 1 N–H and O–H groups in total. The largest absolute Gasteiger partial charge is 0.450 e. The molecule has 3 aromatic carbocycles. The van der Waals surface area contributed by atoms with E-state index < -0.39 is 10.0 Å².